The molecule has 0 aliphatic carbocycles. The quantitative estimate of drug-likeness (QED) is 0.672. The molecule has 0 bridgehead atoms. The molecule has 0 radical (unpaired) electrons. The number of aromatic nitrogens is 4. The fourth-order valence-electron chi connectivity index (χ4n) is 2.33. The van der Waals surface area contributed by atoms with E-state index in [1.807, 2.05) is 21.5 Å². The summed E-state index contributed by atoms with van der Waals surface area (Å²) in [7, 11) is 0. The number of fused-ring (bicyclic) bond motifs is 1. The molecule has 0 amide bonds. The fraction of sp³-hybridized carbons (Fsp3) is 0.286. The number of benzene rings is 1. The number of hydrogen-bond acceptors (Lipinski definition) is 2. The van der Waals surface area contributed by atoms with Crippen LogP contribution in [-0.4, -0.2) is 25.2 Å². The molecule has 0 N–H and O–H groups in total. The lowest BCUT2D eigenvalue weighted by molar-refractivity contribution is 0.530. The average Bonchev–Trinajstić information content (AvgIpc) is 3.06. The van der Waals surface area contributed by atoms with E-state index in [1.54, 1.807) is 12.3 Å². The van der Waals surface area contributed by atoms with Gasteiger partial charge in [-0.15, -0.1) is 11.6 Å². The first-order chi connectivity index (χ1) is 10.2. The Morgan fingerprint density at radius 1 is 1.24 bits per heavy atom. The van der Waals surface area contributed by atoms with Crippen molar-refractivity contribution in [1.29, 1.82) is 0 Å². The van der Waals surface area contributed by atoms with Crippen LogP contribution in [0.3, 0.4) is 0 Å². The van der Waals surface area contributed by atoms with E-state index in [2.05, 4.69) is 10.1 Å². The molecule has 1 aromatic carbocycles. The molecule has 3 rings (SSSR count). The van der Waals surface area contributed by atoms with E-state index < -0.39 is 5.82 Å². The van der Waals surface area contributed by atoms with Crippen molar-refractivity contribution in [3.8, 4) is 0 Å². The van der Waals surface area contributed by atoms with Gasteiger partial charge in [-0.3, -0.25) is 4.68 Å². The zero-order chi connectivity index (χ0) is 14.8. The van der Waals surface area contributed by atoms with Gasteiger partial charge in [0, 0.05) is 37.3 Å². The smallest absolute Gasteiger partial charge is 0.144 e. The van der Waals surface area contributed by atoms with Crippen LogP contribution in [0.25, 0.3) is 11.0 Å². The summed E-state index contributed by atoms with van der Waals surface area (Å²) in [6.07, 6.45) is 4.25. The van der Waals surface area contributed by atoms with Gasteiger partial charge in [0.25, 0.3) is 0 Å². The normalized spacial score (nSPS) is 11.4. The maximum absolute atomic E-state index is 13.6. The van der Waals surface area contributed by atoms with Crippen LogP contribution < -0.4 is 0 Å². The second kappa shape index (κ2) is 6.03. The molecule has 0 saturated carbocycles. The van der Waals surface area contributed by atoms with Gasteiger partial charge in [0.05, 0.1) is 22.6 Å². The van der Waals surface area contributed by atoms with Crippen LogP contribution in [0.5, 0.6) is 0 Å². The fourth-order valence-corrected chi connectivity index (χ4v) is 2.66. The standard InChI is InChI=1S/C14H13Cl2FN4/c15-3-2-14-19-12-9-11(17)10(16)8-13(12)21(14)7-6-20-5-1-4-18-20/h1,4-5,8-9H,2-3,6-7H2. The molecule has 0 saturated heterocycles. The summed E-state index contributed by atoms with van der Waals surface area (Å²) in [5, 5.41) is 4.27. The molecule has 110 valence electrons. The first-order valence-electron chi connectivity index (χ1n) is 6.56. The molecule has 4 nitrogen and oxygen atoms in total. The van der Waals surface area contributed by atoms with Crippen LogP contribution >= 0.6 is 23.2 Å². The van der Waals surface area contributed by atoms with Crippen molar-refractivity contribution >= 4 is 34.2 Å². The summed E-state index contributed by atoms with van der Waals surface area (Å²) in [4.78, 5) is 4.45. The minimum absolute atomic E-state index is 0.0974. The highest BCUT2D eigenvalue weighted by atomic mass is 35.5. The van der Waals surface area contributed by atoms with Crippen molar-refractivity contribution in [3.05, 3.63) is 47.3 Å². The van der Waals surface area contributed by atoms with E-state index in [0.717, 1.165) is 11.3 Å². The molecule has 0 aliphatic rings. The van der Waals surface area contributed by atoms with E-state index in [9.17, 15) is 4.39 Å². The zero-order valence-electron chi connectivity index (χ0n) is 11.1. The van der Waals surface area contributed by atoms with Crippen LogP contribution in [0.4, 0.5) is 4.39 Å². The van der Waals surface area contributed by atoms with Gasteiger partial charge in [-0.2, -0.15) is 5.10 Å². The molecule has 3 aromatic rings. The Hall–Kier alpha value is -1.59. The van der Waals surface area contributed by atoms with Gasteiger partial charge in [-0.25, -0.2) is 9.37 Å². The van der Waals surface area contributed by atoms with Gasteiger partial charge >= 0.3 is 0 Å². The summed E-state index contributed by atoms with van der Waals surface area (Å²) in [5.74, 6) is 0.827. The predicted octanol–water partition coefficient (Wildman–Crippen LogP) is 3.51. The van der Waals surface area contributed by atoms with Crippen LogP contribution in [0, 0.1) is 5.82 Å². The number of hydrogen-bond donors (Lipinski definition) is 0. The monoisotopic (exact) mass is 326 g/mol. The maximum atomic E-state index is 13.6. The van der Waals surface area contributed by atoms with Gasteiger partial charge in [-0.1, -0.05) is 11.6 Å². The summed E-state index contributed by atoms with van der Waals surface area (Å²) in [5.41, 5.74) is 1.41. The first kappa shape index (κ1) is 14.4. The largest absolute Gasteiger partial charge is 0.326 e. The lowest BCUT2D eigenvalue weighted by Gasteiger charge is -2.09. The Balaban J connectivity index is 2.00. The van der Waals surface area contributed by atoms with E-state index in [1.165, 1.54) is 6.07 Å². The van der Waals surface area contributed by atoms with Gasteiger partial charge in [0.15, 0.2) is 0 Å². The molecule has 2 aromatic heterocycles. The summed E-state index contributed by atoms with van der Waals surface area (Å²) in [6, 6.07) is 4.85. The van der Waals surface area contributed by atoms with Crippen LogP contribution in [0.2, 0.25) is 5.02 Å². The van der Waals surface area contributed by atoms with Gasteiger partial charge in [0.1, 0.15) is 11.6 Å². The van der Waals surface area contributed by atoms with Gasteiger partial charge in [-0.05, 0) is 12.1 Å². The first-order valence-corrected chi connectivity index (χ1v) is 7.48. The minimum Gasteiger partial charge on any atom is -0.326 e. The minimum atomic E-state index is -0.460. The third-order valence-corrected chi connectivity index (χ3v) is 3.78. The van der Waals surface area contributed by atoms with Crippen molar-refractivity contribution in [2.45, 2.75) is 19.5 Å². The molecule has 0 spiro atoms. The Labute approximate surface area is 131 Å². The Bertz CT molecular complexity index is 752. The molecule has 2 heterocycles. The average molecular weight is 327 g/mol. The summed E-state index contributed by atoms with van der Waals surface area (Å²) < 4.78 is 17.4. The summed E-state index contributed by atoms with van der Waals surface area (Å²) in [6.45, 7) is 1.37. The molecule has 0 unspecified atom stereocenters. The van der Waals surface area contributed by atoms with E-state index in [-0.39, 0.29) is 5.02 Å². The Kier molecular flexibility index (Phi) is 4.12. The predicted molar refractivity (Wildman–Crippen MR) is 81.4 cm³/mol. The molecule has 0 aliphatic heterocycles. The number of alkyl halides is 1. The van der Waals surface area contributed by atoms with E-state index >= 15 is 0 Å². The van der Waals surface area contributed by atoms with Crippen LogP contribution in [0.15, 0.2) is 30.6 Å². The van der Waals surface area contributed by atoms with E-state index in [0.29, 0.717) is 30.9 Å². The van der Waals surface area contributed by atoms with Crippen molar-refractivity contribution in [2.24, 2.45) is 0 Å². The van der Waals surface area contributed by atoms with Crippen molar-refractivity contribution in [2.75, 3.05) is 5.88 Å². The van der Waals surface area contributed by atoms with Crippen molar-refractivity contribution in [1.82, 2.24) is 19.3 Å². The number of rotatable bonds is 5. The van der Waals surface area contributed by atoms with Crippen molar-refractivity contribution < 1.29 is 4.39 Å². The Morgan fingerprint density at radius 3 is 2.81 bits per heavy atom. The number of halogens is 3. The lowest BCUT2D eigenvalue weighted by Crippen LogP contribution is -2.11. The second-order valence-electron chi connectivity index (χ2n) is 4.64. The molecule has 7 heteroatoms. The van der Waals surface area contributed by atoms with Gasteiger partial charge < -0.3 is 4.57 Å². The molecule has 0 fully saturated rings. The number of aryl methyl sites for hydroxylation is 3. The maximum Gasteiger partial charge on any atom is 0.144 e. The molecular weight excluding hydrogens is 314 g/mol. The summed E-state index contributed by atoms with van der Waals surface area (Å²) >= 11 is 11.7. The number of nitrogens with zero attached hydrogens (tertiary/aromatic N) is 4. The molecule has 0 atom stereocenters. The topological polar surface area (TPSA) is 35.6 Å². The highest BCUT2D eigenvalue weighted by molar-refractivity contribution is 6.31. The zero-order valence-corrected chi connectivity index (χ0v) is 12.6. The second-order valence-corrected chi connectivity index (χ2v) is 5.43. The Morgan fingerprint density at radius 2 is 2.10 bits per heavy atom. The van der Waals surface area contributed by atoms with Gasteiger partial charge in [0.2, 0.25) is 0 Å². The van der Waals surface area contributed by atoms with Crippen LogP contribution in [0.1, 0.15) is 5.82 Å². The third-order valence-electron chi connectivity index (χ3n) is 3.30. The lowest BCUT2D eigenvalue weighted by atomic mass is 10.3. The third kappa shape index (κ3) is 2.89. The molecule has 21 heavy (non-hydrogen) atoms. The highest BCUT2D eigenvalue weighted by Crippen LogP contribution is 2.24. The van der Waals surface area contributed by atoms with E-state index in [4.69, 9.17) is 23.2 Å². The highest BCUT2D eigenvalue weighted by Gasteiger charge is 2.13. The van der Waals surface area contributed by atoms with Crippen LogP contribution in [-0.2, 0) is 19.5 Å². The number of imidazole rings is 1. The SMILES string of the molecule is Fc1cc2nc(CCCl)n(CCn3cccn3)c2cc1Cl. The van der Waals surface area contributed by atoms with Crippen molar-refractivity contribution in [3.63, 3.8) is 0 Å². The molecular formula is C14H13Cl2FN4.